The van der Waals surface area contributed by atoms with E-state index in [1.165, 1.54) is 32.8 Å². The average Bonchev–Trinajstić information content (AvgIpc) is 3.14. The van der Waals surface area contributed by atoms with E-state index in [4.69, 9.17) is 14.2 Å². The Morgan fingerprint density at radius 1 is 1.09 bits per heavy atom. The lowest BCUT2D eigenvalue weighted by molar-refractivity contribution is 0.0884. The van der Waals surface area contributed by atoms with Gasteiger partial charge in [0.05, 0.1) is 11.9 Å². The molecule has 0 radical (unpaired) electrons. The van der Waals surface area contributed by atoms with Gasteiger partial charge in [0.15, 0.2) is 0 Å². The van der Waals surface area contributed by atoms with Gasteiger partial charge in [-0.3, -0.25) is 4.18 Å². The van der Waals surface area contributed by atoms with Crippen molar-refractivity contribution in [1.82, 2.24) is 9.47 Å². The van der Waals surface area contributed by atoms with E-state index >= 15 is 0 Å². The van der Waals surface area contributed by atoms with Crippen LogP contribution in [0.1, 0.15) is 69.7 Å². The third kappa shape index (κ3) is 5.64. The summed E-state index contributed by atoms with van der Waals surface area (Å²) >= 11 is 0. The van der Waals surface area contributed by atoms with Gasteiger partial charge in [0.1, 0.15) is 13.7 Å². The number of benzene rings is 1. The predicted octanol–water partition coefficient (Wildman–Crippen LogP) is 4.19. The van der Waals surface area contributed by atoms with Crippen LogP contribution < -0.4 is 5.14 Å². The second-order valence-electron chi connectivity index (χ2n) is 10.00. The molecule has 0 unspecified atom stereocenters. The molecule has 0 amide bonds. The fourth-order valence-electron chi connectivity index (χ4n) is 5.94. The molecule has 1 aliphatic heterocycles. The molecule has 2 aromatic rings. The minimum absolute atomic E-state index is 0.141. The van der Waals surface area contributed by atoms with Gasteiger partial charge >= 0.3 is 10.3 Å². The number of nitrogens with zero attached hydrogens (tertiary/aromatic N) is 3. The number of fused-ring (bicyclic) bond motifs is 1. The number of aromatic nitrogens is 1. The van der Waals surface area contributed by atoms with Crippen LogP contribution in [0.5, 0.6) is 0 Å². The van der Waals surface area contributed by atoms with Gasteiger partial charge in [0.25, 0.3) is 0 Å². The highest BCUT2D eigenvalue weighted by Crippen LogP contribution is 2.37. The summed E-state index contributed by atoms with van der Waals surface area (Å²) in [4.78, 5) is 7.60. The molecule has 2 N–H and O–H groups in total. The summed E-state index contributed by atoms with van der Waals surface area (Å²) in [7, 11) is -2.59. The van der Waals surface area contributed by atoms with E-state index < -0.39 is 10.3 Å². The predicted molar refractivity (Wildman–Crippen MR) is 135 cm³/mol. The number of likely N-dealkylation sites (tertiary alicyclic amines) is 1. The van der Waals surface area contributed by atoms with Crippen molar-refractivity contribution in [3.63, 3.8) is 0 Å². The summed E-state index contributed by atoms with van der Waals surface area (Å²) in [5.74, 6) is 1.65. The molecule has 9 heteroatoms. The average molecular weight is 491 g/mol. The first-order valence-corrected chi connectivity index (χ1v) is 13.8. The second-order valence-corrected chi connectivity index (χ2v) is 11.2. The van der Waals surface area contributed by atoms with Crippen LogP contribution in [0.15, 0.2) is 29.4 Å². The lowest BCUT2D eigenvalue weighted by Crippen LogP contribution is -2.44. The largest absolute Gasteiger partial charge is 0.399 e. The van der Waals surface area contributed by atoms with E-state index in [-0.39, 0.29) is 12.6 Å². The van der Waals surface area contributed by atoms with Crippen molar-refractivity contribution in [2.45, 2.75) is 71.1 Å². The van der Waals surface area contributed by atoms with Gasteiger partial charge in [-0.25, -0.2) is 5.14 Å². The Morgan fingerprint density at radius 2 is 1.76 bits per heavy atom. The van der Waals surface area contributed by atoms with Crippen LogP contribution in [-0.2, 0) is 25.9 Å². The molecule has 1 saturated heterocycles. The summed E-state index contributed by atoms with van der Waals surface area (Å²) in [5.41, 5.74) is 2.60. The Balaban J connectivity index is 1.57. The van der Waals surface area contributed by atoms with Crippen LogP contribution in [0.4, 0.5) is 0 Å². The second kappa shape index (κ2) is 10.8. The van der Waals surface area contributed by atoms with Crippen molar-refractivity contribution >= 4 is 27.4 Å². The van der Waals surface area contributed by atoms with E-state index in [9.17, 15) is 8.42 Å². The third-order valence-electron chi connectivity index (χ3n) is 7.77. The Hall–Kier alpha value is -1.94. The molecule has 0 spiro atoms. The monoisotopic (exact) mass is 490 g/mol. The van der Waals surface area contributed by atoms with Crippen molar-refractivity contribution in [3.05, 3.63) is 35.5 Å². The summed E-state index contributed by atoms with van der Waals surface area (Å²) in [6.45, 7) is 6.65. The zero-order valence-corrected chi connectivity index (χ0v) is 21.3. The summed E-state index contributed by atoms with van der Waals surface area (Å²) in [6.07, 6.45) is 8.90. The van der Waals surface area contributed by atoms with Crippen LogP contribution in [0.3, 0.4) is 0 Å². The summed E-state index contributed by atoms with van der Waals surface area (Å²) in [6, 6.07) is 8.99. The first-order valence-electron chi connectivity index (χ1n) is 12.4. The minimum Gasteiger partial charge on any atom is -0.399 e. The Bertz CT molecular complexity index is 1100. The van der Waals surface area contributed by atoms with Crippen molar-refractivity contribution in [1.29, 1.82) is 0 Å². The number of nitrogens with two attached hydrogens (primary N) is 1. The van der Waals surface area contributed by atoms with Crippen molar-refractivity contribution in [2.24, 2.45) is 22.1 Å². The molecule has 1 aliphatic carbocycles. The van der Waals surface area contributed by atoms with Gasteiger partial charge in [0.2, 0.25) is 0 Å². The van der Waals surface area contributed by atoms with Gasteiger partial charge in [-0.05, 0) is 56.4 Å². The highest BCUT2D eigenvalue weighted by Gasteiger charge is 2.32. The topological polar surface area (TPSA) is 99.1 Å². The van der Waals surface area contributed by atoms with Crippen molar-refractivity contribution < 1.29 is 17.4 Å². The standard InChI is InChI=1S/C25H38N4O4S/c1-18(2)19-8-10-20(11-9-19)28-14-12-21(13-15-28)29-24-7-5-4-6-22(24)23(16-27-32-3)25(29)17-33-34(26,30)31/h4-7,16,18-21H,8-15,17H2,1-3H3,(H2,26,30,31)/b27-16+/t19-,20+. The zero-order chi connectivity index (χ0) is 24.3. The highest BCUT2D eigenvalue weighted by molar-refractivity contribution is 7.84. The molecule has 4 rings (SSSR count). The van der Waals surface area contributed by atoms with Crippen LogP contribution in [0, 0.1) is 11.8 Å². The lowest BCUT2D eigenvalue weighted by Gasteiger charge is -2.42. The van der Waals surface area contributed by atoms with E-state index in [0.717, 1.165) is 59.9 Å². The smallest absolute Gasteiger partial charge is 0.333 e. The molecule has 34 heavy (non-hydrogen) atoms. The number of para-hydroxylation sites is 1. The Labute approximate surface area is 203 Å². The van der Waals surface area contributed by atoms with Gasteiger partial charge in [-0.15, -0.1) is 0 Å². The maximum Gasteiger partial charge on any atom is 0.333 e. The fourth-order valence-corrected chi connectivity index (χ4v) is 6.21. The molecule has 2 heterocycles. The molecule has 1 saturated carbocycles. The van der Waals surface area contributed by atoms with Crippen molar-refractivity contribution in [3.8, 4) is 0 Å². The quantitative estimate of drug-likeness (QED) is 0.442. The van der Waals surface area contributed by atoms with Crippen LogP contribution >= 0.6 is 0 Å². The Kier molecular flexibility index (Phi) is 7.97. The number of hydrogen-bond donors (Lipinski definition) is 1. The van der Waals surface area contributed by atoms with Gasteiger partial charge in [0, 0.05) is 41.6 Å². The normalized spacial score (nSPS) is 23.3. The first kappa shape index (κ1) is 25.2. The summed E-state index contributed by atoms with van der Waals surface area (Å²) in [5, 5.41) is 10.1. The van der Waals surface area contributed by atoms with E-state index in [1.54, 1.807) is 6.21 Å². The molecule has 0 atom stereocenters. The maximum atomic E-state index is 11.6. The van der Waals surface area contributed by atoms with E-state index in [1.807, 2.05) is 18.2 Å². The molecule has 2 fully saturated rings. The maximum absolute atomic E-state index is 11.6. The van der Waals surface area contributed by atoms with Gasteiger partial charge < -0.3 is 14.3 Å². The molecule has 0 bridgehead atoms. The minimum atomic E-state index is -4.08. The van der Waals surface area contributed by atoms with E-state index in [0.29, 0.717) is 6.04 Å². The Morgan fingerprint density at radius 3 is 2.38 bits per heavy atom. The zero-order valence-electron chi connectivity index (χ0n) is 20.5. The molecule has 2 aliphatic rings. The molecular formula is C25H38N4O4S. The molecule has 1 aromatic carbocycles. The third-order valence-corrected chi connectivity index (χ3v) is 8.21. The number of rotatable bonds is 8. The molecule has 8 nitrogen and oxygen atoms in total. The molecular weight excluding hydrogens is 452 g/mol. The van der Waals surface area contributed by atoms with Crippen LogP contribution in [-0.4, -0.2) is 50.3 Å². The molecule has 188 valence electrons. The van der Waals surface area contributed by atoms with Crippen LogP contribution in [0.2, 0.25) is 0 Å². The SMILES string of the molecule is CO/N=C/c1c(COS(N)(=O)=O)n(C2CCN([C@H]3CC[C@@H](C(C)C)CC3)CC2)c2ccccc12. The lowest BCUT2D eigenvalue weighted by atomic mass is 9.79. The summed E-state index contributed by atoms with van der Waals surface area (Å²) < 4.78 is 30.5. The number of piperidine rings is 1. The van der Waals surface area contributed by atoms with Crippen molar-refractivity contribution in [2.75, 3.05) is 20.2 Å². The highest BCUT2D eigenvalue weighted by atomic mass is 32.2. The van der Waals surface area contributed by atoms with E-state index in [2.05, 4.69) is 34.5 Å². The fraction of sp³-hybridized carbons (Fsp3) is 0.640. The first-order chi connectivity index (χ1) is 16.3. The molecule has 1 aromatic heterocycles. The van der Waals surface area contributed by atoms with Crippen LogP contribution in [0.25, 0.3) is 10.9 Å². The number of oxime groups is 1. The van der Waals surface area contributed by atoms with Gasteiger partial charge in [-0.2, -0.15) is 8.42 Å². The van der Waals surface area contributed by atoms with Gasteiger partial charge in [-0.1, -0.05) is 37.2 Å². The number of hydrogen-bond acceptors (Lipinski definition) is 6.